The quantitative estimate of drug-likeness (QED) is 0.641. The number of anilines is 2. The van der Waals surface area contributed by atoms with Gasteiger partial charge in [-0.2, -0.15) is 0 Å². The zero-order valence-electron chi connectivity index (χ0n) is 10.5. The van der Waals surface area contributed by atoms with Crippen LogP contribution in [0.3, 0.4) is 0 Å². The number of nitrogens with zero attached hydrogens (tertiary/aromatic N) is 1. The second-order valence-electron chi connectivity index (χ2n) is 4.33. The number of benzene rings is 1. The van der Waals surface area contributed by atoms with Gasteiger partial charge in [-0.25, -0.2) is 0 Å². The van der Waals surface area contributed by atoms with Crippen molar-refractivity contribution in [2.75, 3.05) is 17.2 Å². The average Bonchev–Trinajstić information content (AvgIpc) is 2.24. The summed E-state index contributed by atoms with van der Waals surface area (Å²) in [6.45, 7) is 3.77. The van der Waals surface area contributed by atoms with E-state index in [1.54, 1.807) is 23.1 Å². The first-order chi connectivity index (χ1) is 8.32. The Morgan fingerprint density at radius 3 is 2.33 bits per heavy atom. The molecule has 98 valence electrons. The molecule has 0 saturated carbocycles. The van der Waals surface area contributed by atoms with Crippen molar-refractivity contribution in [3.63, 3.8) is 0 Å². The van der Waals surface area contributed by atoms with Gasteiger partial charge in [0, 0.05) is 11.7 Å². The van der Waals surface area contributed by atoms with Gasteiger partial charge in [0.25, 0.3) is 5.91 Å². The lowest BCUT2D eigenvalue weighted by molar-refractivity contribution is -0.116. The number of nitrogen functional groups attached to an aromatic ring is 1. The van der Waals surface area contributed by atoms with Crippen LogP contribution in [0.25, 0.3) is 0 Å². The van der Waals surface area contributed by atoms with Gasteiger partial charge in [0.2, 0.25) is 5.91 Å². The Morgan fingerprint density at radius 1 is 1.28 bits per heavy atom. The lowest BCUT2D eigenvalue weighted by atomic mass is 10.1. The lowest BCUT2D eigenvalue weighted by Gasteiger charge is -2.29. The van der Waals surface area contributed by atoms with E-state index < -0.39 is 11.8 Å². The molecule has 0 radical (unpaired) electrons. The van der Waals surface area contributed by atoms with E-state index in [4.69, 9.17) is 17.2 Å². The van der Waals surface area contributed by atoms with E-state index in [0.29, 0.717) is 16.9 Å². The summed E-state index contributed by atoms with van der Waals surface area (Å²) in [6, 6.07) is 4.73. The molecule has 0 aliphatic carbocycles. The minimum absolute atomic E-state index is 0.00139. The molecule has 0 aliphatic rings. The summed E-state index contributed by atoms with van der Waals surface area (Å²) in [6.07, 6.45) is 0. The summed E-state index contributed by atoms with van der Waals surface area (Å²) in [4.78, 5) is 24.2. The summed E-state index contributed by atoms with van der Waals surface area (Å²) >= 11 is 0. The summed E-state index contributed by atoms with van der Waals surface area (Å²) in [5.74, 6) is -1.05. The molecule has 0 aliphatic heterocycles. The summed E-state index contributed by atoms with van der Waals surface area (Å²) in [5.41, 5.74) is 17.6. The number of hydrogen-bond donors (Lipinski definition) is 3. The highest BCUT2D eigenvalue weighted by atomic mass is 16.1. The predicted molar refractivity (Wildman–Crippen MR) is 71.0 cm³/mol. The smallest absolute Gasteiger partial charge is 0.250 e. The zero-order valence-corrected chi connectivity index (χ0v) is 10.5. The monoisotopic (exact) mass is 250 g/mol. The molecule has 0 spiro atoms. The van der Waals surface area contributed by atoms with Crippen LogP contribution in [0, 0.1) is 0 Å². The maximum absolute atomic E-state index is 11.4. The maximum atomic E-state index is 11.4. The predicted octanol–water partition coefficient (Wildman–Crippen LogP) is 0.0678. The molecule has 0 aromatic heterocycles. The number of carbonyl (C=O) groups excluding carboxylic acids is 2. The molecule has 0 bridgehead atoms. The number of amides is 2. The van der Waals surface area contributed by atoms with Crippen LogP contribution in [0.15, 0.2) is 18.2 Å². The second kappa shape index (κ2) is 5.39. The molecule has 2 amide bonds. The van der Waals surface area contributed by atoms with Crippen LogP contribution in [0.1, 0.15) is 24.2 Å². The number of rotatable bonds is 5. The van der Waals surface area contributed by atoms with Crippen molar-refractivity contribution in [1.82, 2.24) is 0 Å². The van der Waals surface area contributed by atoms with Crippen molar-refractivity contribution in [3.8, 4) is 0 Å². The Bertz CT molecular complexity index is 471. The Balaban J connectivity index is 3.29. The van der Waals surface area contributed by atoms with Gasteiger partial charge in [-0.1, -0.05) is 0 Å². The molecule has 18 heavy (non-hydrogen) atoms. The third-order valence-corrected chi connectivity index (χ3v) is 2.55. The first-order valence-electron chi connectivity index (χ1n) is 5.57. The maximum Gasteiger partial charge on any atom is 0.250 e. The standard InChI is InChI=1S/C12H18N4O2/c1-7(2)16(6-11(14)17)10-5-8(13)3-4-9(10)12(15)18/h3-5,7H,6,13H2,1-2H3,(H2,14,17)(H2,15,18). The molecule has 0 atom stereocenters. The van der Waals surface area contributed by atoms with Gasteiger partial charge in [0.05, 0.1) is 17.8 Å². The SMILES string of the molecule is CC(C)N(CC(N)=O)c1cc(N)ccc1C(N)=O. The van der Waals surface area contributed by atoms with Crippen molar-refractivity contribution < 1.29 is 9.59 Å². The molecule has 0 fully saturated rings. The van der Waals surface area contributed by atoms with Crippen LogP contribution >= 0.6 is 0 Å². The van der Waals surface area contributed by atoms with Gasteiger partial charge < -0.3 is 22.1 Å². The minimum Gasteiger partial charge on any atom is -0.399 e. The van der Waals surface area contributed by atoms with E-state index in [0.717, 1.165) is 0 Å². The van der Waals surface area contributed by atoms with E-state index in [9.17, 15) is 9.59 Å². The molecule has 1 aromatic rings. The second-order valence-corrected chi connectivity index (χ2v) is 4.33. The third kappa shape index (κ3) is 3.13. The molecular weight excluding hydrogens is 232 g/mol. The van der Waals surface area contributed by atoms with Crippen molar-refractivity contribution in [2.24, 2.45) is 11.5 Å². The highest BCUT2D eigenvalue weighted by Gasteiger charge is 2.19. The average molecular weight is 250 g/mol. The molecule has 6 nitrogen and oxygen atoms in total. The van der Waals surface area contributed by atoms with Gasteiger partial charge in [-0.05, 0) is 32.0 Å². The van der Waals surface area contributed by atoms with E-state index in [1.165, 1.54) is 0 Å². The molecule has 0 unspecified atom stereocenters. The highest BCUT2D eigenvalue weighted by Crippen LogP contribution is 2.25. The van der Waals surface area contributed by atoms with Crippen molar-refractivity contribution in [3.05, 3.63) is 23.8 Å². The van der Waals surface area contributed by atoms with Gasteiger partial charge in [0.15, 0.2) is 0 Å². The fourth-order valence-electron chi connectivity index (χ4n) is 1.71. The molecule has 0 saturated heterocycles. The first-order valence-corrected chi connectivity index (χ1v) is 5.57. The largest absolute Gasteiger partial charge is 0.399 e. The highest BCUT2D eigenvalue weighted by molar-refractivity contribution is 6.00. The Morgan fingerprint density at radius 2 is 1.89 bits per heavy atom. The third-order valence-electron chi connectivity index (χ3n) is 2.55. The Labute approximate surface area is 106 Å². The zero-order chi connectivity index (χ0) is 13.9. The number of primary amides is 2. The summed E-state index contributed by atoms with van der Waals surface area (Å²) in [7, 11) is 0. The van der Waals surface area contributed by atoms with Crippen LogP contribution in [0.2, 0.25) is 0 Å². The lowest BCUT2D eigenvalue weighted by Crippen LogP contribution is -2.39. The van der Waals surface area contributed by atoms with Crippen LogP contribution in [-0.4, -0.2) is 24.4 Å². The number of nitrogens with two attached hydrogens (primary N) is 3. The Hall–Kier alpha value is -2.24. The fourth-order valence-corrected chi connectivity index (χ4v) is 1.71. The van der Waals surface area contributed by atoms with Crippen molar-refractivity contribution in [2.45, 2.75) is 19.9 Å². The van der Waals surface area contributed by atoms with Gasteiger partial charge in [-0.3, -0.25) is 9.59 Å². The minimum atomic E-state index is -0.569. The molecule has 6 N–H and O–H groups in total. The number of carbonyl (C=O) groups is 2. The normalized spacial score (nSPS) is 10.4. The van der Waals surface area contributed by atoms with Crippen LogP contribution < -0.4 is 22.1 Å². The van der Waals surface area contributed by atoms with Gasteiger partial charge in [-0.15, -0.1) is 0 Å². The molecule has 1 aromatic carbocycles. The van der Waals surface area contributed by atoms with Crippen molar-refractivity contribution >= 4 is 23.2 Å². The van der Waals surface area contributed by atoms with E-state index >= 15 is 0 Å². The van der Waals surface area contributed by atoms with Gasteiger partial charge >= 0.3 is 0 Å². The van der Waals surface area contributed by atoms with Crippen LogP contribution in [-0.2, 0) is 4.79 Å². The van der Waals surface area contributed by atoms with Gasteiger partial charge in [0.1, 0.15) is 0 Å². The van der Waals surface area contributed by atoms with E-state index in [-0.39, 0.29) is 12.6 Å². The molecule has 0 heterocycles. The molecular formula is C12H18N4O2. The van der Waals surface area contributed by atoms with E-state index in [2.05, 4.69) is 0 Å². The molecule has 1 rings (SSSR count). The first kappa shape index (κ1) is 13.8. The fraction of sp³-hybridized carbons (Fsp3) is 0.333. The summed E-state index contributed by atoms with van der Waals surface area (Å²) in [5, 5.41) is 0. The van der Waals surface area contributed by atoms with Crippen LogP contribution in [0.5, 0.6) is 0 Å². The van der Waals surface area contributed by atoms with E-state index in [1.807, 2.05) is 13.8 Å². The topological polar surface area (TPSA) is 115 Å². The van der Waals surface area contributed by atoms with Crippen molar-refractivity contribution in [1.29, 1.82) is 0 Å². The Kier molecular flexibility index (Phi) is 4.14. The van der Waals surface area contributed by atoms with Crippen LogP contribution in [0.4, 0.5) is 11.4 Å². The number of hydrogen-bond acceptors (Lipinski definition) is 4. The summed E-state index contributed by atoms with van der Waals surface area (Å²) < 4.78 is 0. The molecule has 6 heteroatoms.